The highest BCUT2D eigenvalue weighted by molar-refractivity contribution is 9.10. The van der Waals surface area contributed by atoms with Crippen molar-refractivity contribution in [2.24, 2.45) is 0 Å². The van der Waals surface area contributed by atoms with E-state index in [4.69, 9.17) is 0 Å². The fourth-order valence-corrected chi connectivity index (χ4v) is 1.96. The summed E-state index contributed by atoms with van der Waals surface area (Å²) < 4.78 is 1.10. The third-order valence-corrected chi connectivity index (χ3v) is 3.05. The van der Waals surface area contributed by atoms with Crippen LogP contribution < -0.4 is 0 Å². The lowest BCUT2D eigenvalue weighted by Gasteiger charge is -2.02. The molecule has 1 aromatic carbocycles. The number of aryl methyl sites for hydroxylation is 2. The maximum absolute atomic E-state index is 4.35. The van der Waals surface area contributed by atoms with Crippen LogP contribution in [-0.2, 0) is 12.8 Å². The lowest BCUT2D eigenvalue weighted by Crippen LogP contribution is -1.94. The van der Waals surface area contributed by atoms with Gasteiger partial charge in [-0.3, -0.25) is 4.98 Å². The van der Waals surface area contributed by atoms with Gasteiger partial charge in [0, 0.05) is 10.7 Å². The summed E-state index contributed by atoms with van der Waals surface area (Å²) in [4.78, 5) is 4.35. The van der Waals surface area contributed by atoms with Crippen molar-refractivity contribution in [2.75, 3.05) is 0 Å². The molecule has 0 aliphatic rings. The average Bonchev–Trinajstić information content (AvgIpc) is 2.29. The number of hydrogen-bond acceptors (Lipinski definition) is 1. The Balaban J connectivity index is 2.03. The Morgan fingerprint density at radius 2 is 1.73 bits per heavy atom. The van der Waals surface area contributed by atoms with Gasteiger partial charge in [0.2, 0.25) is 0 Å². The highest BCUT2D eigenvalue weighted by Crippen LogP contribution is 2.15. The number of benzene rings is 1. The van der Waals surface area contributed by atoms with Crippen molar-refractivity contribution in [1.29, 1.82) is 0 Å². The predicted octanol–water partition coefficient (Wildman–Crippen LogP) is 3.63. The molecule has 0 unspecified atom stereocenters. The minimum atomic E-state index is 0.978. The topological polar surface area (TPSA) is 12.9 Å². The summed E-state index contributed by atoms with van der Waals surface area (Å²) in [5, 5.41) is 0. The second-order valence-electron chi connectivity index (χ2n) is 3.42. The van der Waals surface area contributed by atoms with E-state index in [-0.39, 0.29) is 0 Å². The molecule has 2 heteroatoms. The molecule has 1 heterocycles. The average molecular weight is 262 g/mol. The Morgan fingerprint density at radius 3 is 2.47 bits per heavy atom. The molecule has 0 saturated carbocycles. The van der Waals surface area contributed by atoms with Crippen LogP contribution in [0.1, 0.15) is 11.3 Å². The Hall–Kier alpha value is -1.15. The van der Waals surface area contributed by atoms with Crippen LogP contribution in [0.15, 0.2) is 53.1 Å². The van der Waals surface area contributed by atoms with Crippen molar-refractivity contribution >= 4 is 15.9 Å². The van der Waals surface area contributed by atoms with Gasteiger partial charge in [-0.05, 0) is 46.5 Å². The largest absolute Gasteiger partial charge is 0.260 e. The lowest BCUT2D eigenvalue weighted by molar-refractivity contribution is 0.906. The fraction of sp³-hybridized carbons (Fsp3) is 0.154. The molecule has 0 bridgehead atoms. The molecular formula is C13H12BrN. The standard InChI is InChI=1S/C13H12BrN/c14-12-7-4-10-15-13(12)9-8-11-5-2-1-3-6-11/h1-7,10H,8-9H2. The maximum atomic E-state index is 4.35. The normalized spacial score (nSPS) is 10.2. The molecular weight excluding hydrogens is 250 g/mol. The van der Waals surface area contributed by atoms with Gasteiger partial charge in [0.15, 0.2) is 0 Å². The summed E-state index contributed by atoms with van der Waals surface area (Å²) in [6.45, 7) is 0. The van der Waals surface area contributed by atoms with E-state index in [1.807, 2.05) is 24.4 Å². The number of halogens is 1. The minimum absolute atomic E-state index is 0.978. The molecule has 0 aliphatic carbocycles. The molecule has 0 saturated heterocycles. The molecule has 0 aliphatic heterocycles. The molecule has 0 spiro atoms. The Kier molecular flexibility index (Phi) is 3.51. The molecule has 1 nitrogen and oxygen atoms in total. The van der Waals surface area contributed by atoms with Crippen LogP contribution in [0.25, 0.3) is 0 Å². The third-order valence-electron chi connectivity index (χ3n) is 2.33. The van der Waals surface area contributed by atoms with Crippen LogP contribution in [-0.4, -0.2) is 4.98 Å². The number of pyridine rings is 1. The van der Waals surface area contributed by atoms with Gasteiger partial charge in [-0.2, -0.15) is 0 Å². The summed E-state index contributed by atoms with van der Waals surface area (Å²) in [7, 11) is 0. The van der Waals surface area contributed by atoms with Crippen LogP contribution in [0.3, 0.4) is 0 Å². The molecule has 0 N–H and O–H groups in total. The first-order chi connectivity index (χ1) is 7.36. The van der Waals surface area contributed by atoms with E-state index in [9.17, 15) is 0 Å². The third kappa shape index (κ3) is 2.90. The van der Waals surface area contributed by atoms with Gasteiger partial charge in [-0.1, -0.05) is 30.3 Å². The van der Waals surface area contributed by atoms with Gasteiger partial charge in [-0.25, -0.2) is 0 Å². The van der Waals surface area contributed by atoms with E-state index in [0.717, 1.165) is 23.0 Å². The summed E-state index contributed by atoms with van der Waals surface area (Å²) in [5.74, 6) is 0. The van der Waals surface area contributed by atoms with Gasteiger partial charge < -0.3 is 0 Å². The van der Waals surface area contributed by atoms with E-state index >= 15 is 0 Å². The predicted molar refractivity (Wildman–Crippen MR) is 65.8 cm³/mol. The van der Waals surface area contributed by atoms with E-state index in [0.29, 0.717) is 0 Å². The summed E-state index contributed by atoms with van der Waals surface area (Å²) in [5.41, 5.74) is 2.48. The molecule has 76 valence electrons. The van der Waals surface area contributed by atoms with Crippen molar-refractivity contribution < 1.29 is 0 Å². The number of rotatable bonds is 3. The van der Waals surface area contributed by atoms with E-state index in [2.05, 4.69) is 45.2 Å². The zero-order chi connectivity index (χ0) is 10.5. The van der Waals surface area contributed by atoms with Crippen molar-refractivity contribution in [3.8, 4) is 0 Å². The highest BCUT2D eigenvalue weighted by atomic mass is 79.9. The van der Waals surface area contributed by atoms with Crippen LogP contribution in [0.5, 0.6) is 0 Å². The van der Waals surface area contributed by atoms with Crippen LogP contribution in [0.2, 0.25) is 0 Å². The Labute approximate surface area is 98.3 Å². The highest BCUT2D eigenvalue weighted by Gasteiger charge is 2.00. The summed E-state index contributed by atoms with van der Waals surface area (Å²) in [6, 6.07) is 14.5. The first-order valence-corrected chi connectivity index (χ1v) is 5.79. The fourth-order valence-electron chi connectivity index (χ4n) is 1.51. The lowest BCUT2D eigenvalue weighted by atomic mass is 10.1. The molecule has 2 rings (SSSR count). The monoisotopic (exact) mass is 261 g/mol. The van der Waals surface area contributed by atoms with Crippen LogP contribution in [0.4, 0.5) is 0 Å². The zero-order valence-electron chi connectivity index (χ0n) is 8.36. The molecule has 0 fully saturated rings. The van der Waals surface area contributed by atoms with E-state index in [1.165, 1.54) is 5.56 Å². The van der Waals surface area contributed by atoms with Gasteiger partial charge in [0.25, 0.3) is 0 Å². The number of hydrogen-bond donors (Lipinski definition) is 0. The smallest absolute Gasteiger partial charge is 0.0548 e. The second kappa shape index (κ2) is 5.08. The van der Waals surface area contributed by atoms with E-state index < -0.39 is 0 Å². The summed E-state index contributed by atoms with van der Waals surface area (Å²) in [6.07, 6.45) is 3.85. The van der Waals surface area contributed by atoms with Crippen LogP contribution >= 0.6 is 15.9 Å². The first kappa shape index (κ1) is 10.4. The van der Waals surface area contributed by atoms with Gasteiger partial charge in [-0.15, -0.1) is 0 Å². The van der Waals surface area contributed by atoms with E-state index in [1.54, 1.807) is 0 Å². The molecule has 0 amide bonds. The van der Waals surface area contributed by atoms with Crippen molar-refractivity contribution in [1.82, 2.24) is 4.98 Å². The molecule has 2 aromatic rings. The Bertz CT molecular complexity index is 426. The second-order valence-corrected chi connectivity index (χ2v) is 4.27. The molecule has 0 atom stereocenters. The van der Waals surface area contributed by atoms with Crippen molar-refractivity contribution in [3.63, 3.8) is 0 Å². The number of nitrogens with zero attached hydrogens (tertiary/aromatic N) is 1. The van der Waals surface area contributed by atoms with Crippen molar-refractivity contribution in [2.45, 2.75) is 12.8 Å². The SMILES string of the molecule is Brc1cccnc1CCc1ccccc1. The molecule has 15 heavy (non-hydrogen) atoms. The van der Waals surface area contributed by atoms with Gasteiger partial charge in [0.05, 0.1) is 5.69 Å². The maximum Gasteiger partial charge on any atom is 0.0548 e. The zero-order valence-corrected chi connectivity index (χ0v) is 9.94. The minimum Gasteiger partial charge on any atom is -0.260 e. The molecule has 1 aromatic heterocycles. The van der Waals surface area contributed by atoms with Gasteiger partial charge in [0.1, 0.15) is 0 Å². The van der Waals surface area contributed by atoms with Crippen molar-refractivity contribution in [3.05, 3.63) is 64.4 Å². The van der Waals surface area contributed by atoms with Gasteiger partial charge >= 0.3 is 0 Å². The Morgan fingerprint density at radius 1 is 0.933 bits per heavy atom. The quantitative estimate of drug-likeness (QED) is 0.823. The summed E-state index contributed by atoms with van der Waals surface area (Å²) >= 11 is 3.51. The molecule has 0 radical (unpaired) electrons. The van der Waals surface area contributed by atoms with Crippen LogP contribution in [0, 0.1) is 0 Å². The number of aromatic nitrogens is 1. The first-order valence-electron chi connectivity index (χ1n) is 4.99.